The van der Waals surface area contributed by atoms with Gasteiger partial charge in [-0.1, -0.05) is 72.8 Å². The average molecular weight is 378 g/mol. The second kappa shape index (κ2) is 8.53. The third-order valence-corrected chi connectivity index (χ3v) is 4.88. The fraction of sp³-hybridized carbons (Fsp3) is 0.0769. The van der Waals surface area contributed by atoms with E-state index in [9.17, 15) is 4.79 Å². The lowest BCUT2D eigenvalue weighted by Crippen LogP contribution is -2.22. The van der Waals surface area contributed by atoms with Crippen molar-refractivity contribution >= 4 is 5.91 Å². The van der Waals surface area contributed by atoms with Gasteiger partial charge in [0.15, 0.2) is 0 Å². The Hall–Kier alpha value is -3.72. The smallest absolute Gasteiger partial charge is 0.251 e. The highest BCUT2D eigenvalue weighted by Gasteiger charge is 2.12. The molecular weight excluding hydrogens is 356 g/mol. The Morgan fingerprint density at radius 1 is 0.793 bits per heavy atom. The van der Waals surface area contributed by atoms with Gasteiger partial charge in [0.25, 0.3) is 5.91 Å². The summed E-state index contributed by atoms with van der Waals surface area (Å²) in [6.45, 7) is 2.40. The van der Waals surface area contributed by atoms with Crippen molar-refractivity contribution in [1.82, 2.24) is 10.3 Å². The standard InChI is InChI=1S/C26H22N2O/c1-19-12-13-20(17-27-19)18-28-26(29)23-14-15-24(21-8-4-2-5-9-21)25(16-23)22-10-6-3-7-11-22/h2-17H,18H2,1H3,(H,28,29). The van der Waals surface area contributed by atoms with Crippen molar-refractivity contribution in [1.29, 1.82) is 0 Å². The summed E-state index contributed by atoms with van der Waals surface area (Å²) >= 11 is 0. The number of hydrogen-bond donors (Lipinski definition) is 1. The molecule has 0 spiro atoms. The maximum Gasteiger partial charge on any atom is 0.251 e. The van der Waals surface area contributed by atoms with Crippen LogP contribution in [0.15, 0.2) is 97.2 Å². The van der Waals surface area contributed by atoms with Gasteiger partial charge < -0.3 is 5.32 Å². The van der Waals surface area contributed by atoms with Crippen LogP contribution < -0.4 is 5.32 Å². The monoisotopic (exact) mass is 378 g/mol. The second-order valence-corrected chi connectivity index (χ2v) is 6.98. The van der Waals surface area contributed by atoms with Gasteiger partial charge in [0.2, 0.25) is 0 Å². The van der Waals surface area contributed by atoms with Crippen LogP contribution >= 0.6 is 0 Å². The molecule has 3 nitrogen and oxygen atoms in total. The summed E-state index contributed by atoms with van der Waals surface area (Å²) in [4.78, 5) is 17.1. The van der Waals surface area contributed by atoms with Crippen LogP contribution in [-0.2, 0) is 6.54 Å². The van der Waals surface area contributed by atoms with Gasteiger partial charge in [-0.25, -0.2) is 0 Å². The normalized spacial score (nSPS) is 10.5. The van der Waals surface area contributed by atoms with Gasteiger partial charge in [0.05, 0.1) is 0 Å². The number of rotatable bonds is 5. The molecule has 4 aromatic rings. The zero-order chi connectivity index (χ0) is 20.1. The molecule has 0 aliphatic carbocycles. The van der Waals surface area contributed by atoms with Crippen molar-refractivity contribution in [2.75, 3.05) is 0 Å². The molecule has 1 amide bonds. The molecule has 1 heterocycles. The fourth-order valence-corrected chi connectivity index (χ4v) is 3.30. The average Bonchev–Trinajstić information content (AvgIpc) is 2.79. The van der Waals surface area contributed by atoms with E-state index in [0.29, 0.717) is 12.1 Å². The molecule has 4 rings (SSSR count). The van der Waals surface area contributed by atoms with Gasteiger partial charge in [0, 0.05) is 24.0 Å². The molecule has 0 fully saturated rings. The van der Waals surface area contributed by atoms with Gasteiger partial charge >= 0.3 is 0 Å². The van der Waals surface area contributed by atoms with Gasteiger partial charge in [-0.2, -0.15) is 0 Å². The van der Waals surface area contributed by atoms with E-state index in [1.54, 1.807) is 6.20 Å². The van der Waals surface area contributed by atoms with Gasteiger partial charge in [-0.15, -0.1) is 0 Å². The number of aromatic nitrogens is 1. The van der Waals surface area contributed by atoms with E-state index in [-0.39, 0.29) is 5.91 Å². The van der Waals surface area contributed by atoms with E-state index in [4.69, 9.17) is 0 Å². The van der Waals surface area contributed by atoms with Crippen LogP contribution in [0.1, 0.15) is 21.6 Å². The quantitative estimate of drug-likeness (QED) is 0.487. The van der Waals surface area contributed by atoms with Crippen LogP contribution in [-0.4, -0.2) is 10.9 Å². The molecule has 29 heavy (non-hydrogen) atoms. The van der Waals surface area contributed by atoms with Crippen molar-refractivity contribution in [3.05, 3.63) is 114 Å². The Kier molecular flexibility index (Phi) is 5.48. The second-order valence-electron chi connectivity index (χ2n) is 6.98. The number of carbonyl (C=O) groups excluding carboxylic acids is 1. The highest BCUT2D eigenvalue weighted by molar-refractivity contribution is 5.97. The van der Waals surface area contributed by atoms with Crippen molar-refractivity contribution in [3.63, 3.8) is 0 Å². The summed E-state index contributed by atoms with van der Waals surface area (Å²) in [6.07, 6.45) is 1.80. The largest absolute Gasteiger partial charge is 0.348 e. The van der Waals surface area contributed by atoms with Gasteiger partial charge in [0.1, 0.15) is 0 Å². The number of aryl methyl sites for hydroxylation is 1. The first-order valence-electron chi connectivity index (χ1n) is 9.65. The maximum absolute atomic E-state index is 12.8. The summed E-state index contributed by atoms with van der Waals surface area (Å²) in [5.41, 5.74) is 6.95. The zero-order valence-electron chi connectivity index (χ0n) is 16.3. The van der Waals surface area contributed by atoms with E-state index in [0.717, 1.165) is 33.5 Å². The highest BCUT2D eigenvalue weighted by Crippen LogP contribution is 2.32. The fourth-order valence-electron chi connectivity index (χ4n) is 3.30. The molecule has 1 aromatic heterocycles. The first-order valence-corrected chi connectivity index (χ1v) is 9.65. The number of carbonyl (C=O) groups is 1. The molecular formula is C26H22N2O. The maximum atomic E-state index is 12.8. The van der Waals surface area contributed by atoms with E-state index < -0.39 is 0 Å². The minimum atomic E-state index is -0.0950. The first kappa shape index (κ1) is 18.6. The van der Waals surface area contributed by atoms with E-state index in [1.807, 2.05) is 73.7 Å². The zero-order valence-corrected chi connectivity index (χ0v) is 16.3. The number of hydrogen-bond acceptors (Lipinski definition) is 2. The Bertz CT molecular complexity index is 1100. The van der Waals surface area contributed by atoms with Crippen molar-refractivity contribution in [2.45, 2.75) is 13.5 Å². The van der Waals surface area contributed by atoms with E-state index in [2.05, 4.69) is 34.6 Å². The number of benzene rings is 3. The van der Waals surface area contributed by atoms with Crippen molar-refractivity contribution < 1.29 is 4.79 Å². The number of nitrogens with one attached hydrogen (secondary N) is 1. The minimum absolute atomic E-state index is 0.0950. The summed E-state index contributed by atoms with van der Waals surface area (Å²) in [7, 11) is 0. The molecule has 0 unspecified atom stereocenters. The Morgan fingerprint density at radius 2 is 1.45 bits per heavy atom. The lowest BCUT2D eigenvalue weighted by Gasteiger charge is -2.13. The molecule has 3 aromatic carbocycles. The Morgan fingerprint density at radius 3 is 2.07 bits per heavy atom. The lowest BCUT2D eigenvalue weighted by atomic mass is 9.92. The molecule has 0 bridgehead atoms. The van der Waals surface area contributed by atoms with Crippen LogP contribution in [0.25, 0.3) is 22.3 Å². The molecule has 3 heteroatoms. The molecule has 142 valence electrons. The molecule has 0 radical (unpaired) electrons. The third-order valence-electron chi connectivity index (χ3n) is 4.88. The number of pyridine rings is 1. The minimum Gasteiger partial charge on any atom is -0.348 e. The van der Waals surface area contributed by atoms with Crippen LogP contribution in [0, 0.1) is 6.92 Å². The van der Waals surface area contributed by atoms with E-state index >= 15 is 0 Å². The number of nitrogens with zero attached hydrogens (tertiary/aromatic N) is 1. The SMILES string of the molecule is Cc1ccc(CNC(=O)c2ccc(-c3ccccc3)c(-c3ccccc3)c2)cn1. The van der Waals surface area contributed by atoms with Gasteiger partial charge in [-0.3, -0.25) is 9.78 Å². The van der Waals surface area contributed by atoms with Crippen LogP contribution in [0.5, 0.6) is 0 Å². The molecule has 0 saturated carbocycles. The topological polar surface area (TPSA) is 42.0 Å². The molecule has 0 aliphatic rings. The summed E-state index contributed by atoms with van der Waals surface area (Å²) in [5, 5.41) is 2.99. The third kappa shape index (κ3) is 4.41. The molecule has 0 atom stereocenters. The summed E-state index contributed by atoms with van der Waals surface area (Å²) < 4.78 is 0. The van der Waals surface area contributed by atoms with Crippen LogP contribution in [0.2, 0.25) is 0 Å². The molecule has 1 N–H and O–H groups in total. The Balaban J connectivity index is 1.64. The van der Waals surface area contributed by atoms with E-state index in [1.165, 1.54) is 0 Å². The van der Waals surface area contributed by atoms with Crippen LogP contribution in [0.3, 0.4) is 0 Å². The first-order chi connectivity index (χ1) is 14.2. The van der Waals surface area contributed by atoms with Gasteiger partial charge in [-0.05, 0) is 52.9 Å². The lowest BCUT2D eigenvalue weighted by molar-refractivity contribution is 0.0951. The van der Waals surface area contributed by atoms with Crippen molar-refractivity contribution in [3.8, 4) is 22.3 Å². The predicted molar refractivity (Wildman–Crippen MR) is 117 cm³/mol. The Labute approximate surface area is 171 Å². The molecule has 0 aliphatic heterocycles. The predicted octanol–water partition coefficient (Wildman–Crippen LogP) is 5.65. The van der Waals surface area contributed by atoms with Crippen LogP contribution in [0.4, 0.5) is 0 Å². The number of amides is 1. The van der Waals surface area contributed by atoms with Crippen molar-refractivity contribution in [2.24, 2.45) is 0 Å². The highest BCUT2D eigenvalue weighted by atomic mass is 16.1. The summed E-state index contributed by atoms with van der Waals surface area (Å²) in [5.74, 6) is -0.0950. The summed E-state index contributed by atoms with van der Waals surface area (Å²) in [6, 6.07) is 30.2. The molecule has 0 saturated heterocycles.